The van der Waals surface area contributed by atoms with Crippen molar-refractivity contribution in [2.75, 3.05) is 0 Å². The predicted molar refractivity (Wildman–Crippen MR) is 219 cm³/mol. The molecule has 0 fully saturated rings. The predicted octanol–water partition coefficient (Wildman–Crippen LogP) is 12.5. The number of pyridine rings is 1. The average molecular weight is 677 g/mol. The molecule has 3 aromatic heterocycles. The fraction of sp³-hybridized carbons (Fsp3) is 0.0204. The Hall–Kier alpha value is -7.22. The van der Waals surface area contributed by atoms with Gasteiger partial charge in [-0.15, -0.1) is 0 Å². The van der Waals surface area contributed by atoms with Crippen molar-refractivity contribution < 1.29 is 0 Å². The third kappa shape index (κ3) is 5.02. The standard InChI is InChI=1S/C49H32N4/c1-32-18-20-35(21-19-32)37-23-25-47-43(28-37)40-15-6-8-17-45(40)53(47)49-29-41(38-13-9-10-33(26-38)30-50)48(31-51-49)52-44-16-7-5-14-39(44)42-27-36(22-24-46(42)52)34-11-3-2-4-12-34/h2-29,31H,1H3. The molecule has 248 valence electrons. The minimum absolute atomic E-state index is 0.613. The smallest absolute Gasteiger partial charge is 0.138 e. The van der Waals surface area contributed by atoms with Crippen molar-refractivity contribution in [2.24, 2.45) is 0 Å². The zero-order valence-corrected chi connectivity index (χ0v) is 29.0. The molecule has 7 aromatic carbocycles. The van der Waals surface area contributed by atoms with Gasteiger partial charge < -0.3 is 4.57 Å². The van der Waals surface area contributed by atoms with Crippen LogP contribution in [-0.4, -0.2) is 14.1 Å². The molecule has 0 unspecified atom stereocenters. The summed E-state index contributed by atoms with van der Waals surface area (Å²) in [4.78, 5) is 5.25. The van der Waals surface area contributed by atoms with E-state index in [1.807, 2.05) is 24.4 Å². The number of hydrogen-bond acceptors (Lipinski definition) is 2. The summed E-state index contributed by atoms with van der Waals surface area (Å²) in [6.07, 6.45) is 2.00. The molecular formula is C49H32N4. The third-order valence-corrected chi connectivity index (χ3v) is 10.5. The molecule has 0 saturated carbocycles. The first-order valence-electron chi connectivity index (χ1n) is 17.8. The van der Waals surface area contributed by atoms with E-state index in [0.29, 0.717) is 5.56 Å². The Morgan fingerprint density at radius 2 is 1.00 bits per heavy atom. The Bertz CT molecular complexity index is 3070. The molecular weight excluding hydrogens is 645 g/mol. The molecule has 0 atom stereocenters. The lowest BCUT2D eigenvalue weighted by Gasteiger charge is -2.17. The highest BCUT2D eigenvalue weighted by Gasteiger charge is 2.20. The SMILES string of the molecule is Cc1ccc(-c2ccc3c(c2)c2ccccc2n3-c2cc(-c3cccc(C#N)c3)c(-n3c4ccccc4c4cc(-c5ccccc5)ccc43)cn2)cc1. The maximum Gasteiger partial charge on any atom is 0.138 e. The van der Waals surface area contributed by atoms with Crippen molar-refractivity contribution in [3.05, 3.63) is 187 Å². The Balaban J connectivity index is 1.23. The van der Waals surface area contributed by atoms with E-state index in [-0.39, 0.29) is 0 Å². The van der Waals surface area contributed by atoms with Gasteiger partial charge in [0.05, 0.1) is 45.6 Å². The van der Waals surface area contributed by atoms with E-state index >= 15 is 0 Å². The summed E-state index contributed by atoms with van der Waals surface area (Å²) in [7, 11) is 0. The quantitative estimate of drug-likeness (QED) is 0.182. The van der Waals surface area contributed by atoms with Crippen LogP contribution in [0, 0.1) is 18.3 Å². The van der Waals surface area contributed by atoms with E-state index < -0.39 is 0 Å². The first-order chi connectivity index (χ1) is 26.1. The first-order valence-corrected chi connectivity index (χ1v) is 17.8. The summed E-state index contributed by atoms with van der Waals surface area (Å²) in [6, 6.07) is 62.2. The second kappa shape index (κ2) is 12.2. The van der Waals surface area contributed by atoms with Crippen molar-refractivity contribution in [3.63, 3.8) is 0 Å². The highest BCUT2D eigenvalue weighted by atomic mass is 15.1. The molecule has 4 nitrogen and oxygen atoms in total. The van der Waals surface area contributed by atoms with E-state index in [9.17, 15) is 5.26 Å². The van der Waals surface area contributed by atoms with Gasteiger partial charge in [-0.25, -0.2) is 4.98 Å². The van der Waals surface area contributed by atoms with Crippen LogP contribution in [0.2, 0.25) is 0 Å². The number of nitrogens with zero attached hydrogens (tertiary/aromatic N) is 4. The van der Waals surface area contributed by atoms with Crippen LogP contribution < -0.4 is 0 Å². The fourth-order valence-corrected chi connectivity index (χ4v) is 7.91. The molecule has 10 aromatic rings. The number of para-hydroxylation sites is 2. The minimum atomic E-state index is 0.613. The van der Waals surface area contributed by atoms with Gasteiger partial charge in [0.25, 0.3) is 0 Å². The summed E-state index contributed by atoms with van der Waals surface area (Å²) in [5.41, 5.74) is 13.9. The zero-order valence-electron chi connectivity index (χ0n) is 29.0. The van der Waals surface area contributed by atoms with E-state index in [2.05, 4.69) is 174 Å². The van der Waals surface area contributed by atoms with Gasteiger partial charge >= 0.3 is 0 Å². The van der Waals surface area contributed by atoms with Crippen molar-refractivity contribution >= 4 is 43.6 Å². The highest BCUT2D eigenvalue weighted by Crippen LogP contribution is 2.40. The molecule has 10 rings (SSSR count). The second-order valence-electron chi connectivity index (χ2n) is 13.7. The molecule has 0 spiro atoms. The van der Waals surface area contributed by atoms with Crippen molar-refractivity contribution in [3.8, 4) is 51.0 Å². The van der Waals surface area contributed by atoms with Crippen molar-refractivity contribution in [2.45, 2.75) is 6.92 Å². The molecule has 53 heavy (non-hydrogen) atoms. The van der Waals surface area contributed by atoms with Crippen LogP contribution in [0.3, 0.4) is 0 Å². The largest absolute Gasteiger partial charge is 0.307 e. The molecule has 0 N–H and O–H groups in total. The van der Waals surface area contributed by atoms with Gasteiger partial charge in [-0.1, -0.05) is 121 Å². The third-order valence-electron chi connectivity index (χ3n) is 10.5. The summed E-state index contributed by atoms with van der Waals surface area (Å²) < 4.78 is 4.59. The van der Waals surface area contributed by atoms with Crippen molar-refractivity contribution in [1.82, 2.24) is 14.1 Å². The maximum absolute atomic E-state index is 9.95. The van der Waals surface area contributed by atoms with Gasteiger partial charge in [0, 0.05) is 27.1 Å². The van der Waals surface area contributed by atoms with E-state index in [1.54, 1.807) is 0 Å². The molecule has 0 bridgehead atoms. The van der Waals surface area contributed by atoms with Crippen LogP contribution in [0.15, 0.2) is 176 Å². The minimum Gasteiger partial charge on any atom is -0.307 e. The lowest BCUT2D eigenvalue weighted by atomic mass is 10.0. The van der Waals surface area contributed by atoms with E-state index in [1.165, 1.54) is 49.4 Å². The first kappa shape index (κ1) is 30.6. The molecule has 0 saturated heterocycles. The van der Waals surface area contributed by atoms with E-state index in [4.69, 9.17) is 4.98 Å². The monoisotopic (exact) mass is 676 g/mol. The Morgan fingerprint density at radius 3 is 1.68 bits per heavy atom. The van der Waals surface area contributed by atoms with Crippen LogP contribution in [0.5, 0.6) is 0 Å². The van der Waals surface area contributed by atoms with Crippen LogP contribution in [0.4, 0.5) is 0 Å². The molecule has 0 amide bonds. The number of rotatable bonds is 5. The number of aryl methyl sites for hydroxylation is 1. The highest BCUT2D eigenvalue weighted by molar-refractivity contribution is 6.12. The Morgan fingerprint density at radius 1 is 0.453 bits per heavy atom. The second-order valence-corrected chi connectivity index (χ2v) is 13.7. The lowest BCUT2D eigenvalue weighted by molar-refractivity contribution is 1.06. The van der Waals surface area contributed by atoms with Crippen LogP contribution >= 0.6 is 0 Å². The maximum atomic E-state index is 9.95. The summed E-state index contributed by atoms with van der Waals surface area (Å²) in [5, 5.41) is 14.7. The normalized spacial score (nSPS) is 11.5. The number of aromatic nitrogens is 3. The average Bonchev–Trinajstić information content (AvgIpc) is 3.73. The fourth-order valence-electron chi connectivity index (χ4n) is 7.91. The number of fused-ring (bicyclic) bond motifs is 6. The van der Waals surface area contributed by atoms with Crippen LogP contribution in [0.25, 0.3) is 88.5 Å². The molecule has 0 radical (unpaired) electrons. The number of hydrogen-bond donors (Lipinski definition) is 0. The summed E-state index contributed by atoms with van der Waals surface area (Å²) in [5.74, 6) is 0.813. The van der Waals surface area contributed by atoms with Gasteiger partial charge in [-0.2, -0.15) is 5.26 Å². The Labute approximate surface area is 307 Å². The number of nitriles is 1. The van der Waals surface area contributed by atoms with Gasteiger partial charge in [0.15, 0.2) is 0 Å². The lowest BCUT2D eigenvalue weighted by Crippen LogP contribution is -2.03. The molecule has 0 aliphatic heterocycles. The molecule has 3 heterocycles. The van der Waals surface area contributed by atoms with E-state index in [0.717, 1.165) is 44.7 Å². The summed E-state index contributed by atoms with van der Waals surface area (Å²) >= 11 is 0. The van der Waals surface area contributed by atoms with Gasteiger partial charge in [-0.05, 0) is 89.3 Å². The molecule has 0 aliphatic rings. The number of benzene rings is 7. The molecule has 0 aliphatic carbocycles. The zero-order chi connectivity index (χ0) is 35.5. The topological polar surface area (TPSA) is 46.5 Å². The van der Waals surface area contributed by atoms with Crippen molar-refractivity contribution in [1.29, 1.82) is 5.26 Å². The molecule has 4 heteroatoms. The van der Waals surface area contributed by atoms with Crippen LogP contribution in [-0.2, 0) is 0 Å². The van der Waals surface area contributed by atoms with Gasteiger partial charge in [-0.3, -0.25) is 4.57 Å². The van der Waals surface area contributed by atoms with Crippen LogP contribution in [0.1, 0.15) is 11.1 Å². The van der Waals surface area contributed by atoms with Gasteiger partial charge in [0.2, 0.25) is 0 Å². The Kier molecular flexibility index (Phi) is 7.06. The van der Waals surface area contributed by atoms with Gasteiger partial charge in [0.1, 0.15) is 5.82 Å². The summed E-state index contributed by atoms with van der Waals surface area (Å²) in [6.45, 7) is 2.12.